The molecule has 0 unspecified atom stereocenters. The van der Waals surface area contributed by atoms with E-state index in [1.54, 1.807) is 0 Å². The van der Waals surface area contributed by atoms with Crippen molar-refractivity contribution in [2.45, 2.75) is 0 Å². The quantitative estimate of drug-likeness (QED) is 0.172. The second-order valence-corrected chi connectivity index (χ2v) is 14.0. The van der Waals surface area contributed by atoms with Gasteiger partial charge in [0, 0.05) is 32.8 Å². The van der Waals surface area contributed by atoms with Crippen LogP contribution in [0.5, 0.6) is 0 Å². The molecule has 0 saturated heterocycles. The molecular weight excluding hydrogens is 685 g/mol. The van der Waals surface area contributed by atoms with Crippen molar-refractivity contribution in [1.29, 1.82) is 0 Å². The largest absolute Gasteiger partial charge is 0.456 e. The summed E-state index contributed by atoms with van der Waals surface area (Å²) < 4.78 is 9.07. The molecule has 0 aliphatic heterocycles. The lowest BCUT2D eigenvalue weighted by atomic mass is 10.0. The lowest BCUT2D eigenvalue weighted by molar-refractivity contribution is 0.669. The van der Waals surface area contributed by atoms with Crippen LogP contribution in [0.3, 0.4) is 0 Å². The van der Waals surface area contributed by atoms with E-state index in [2.05, 4.69) is 138 Å². The van der Waals surface area contributed by atoms with Crippen molar-refractivity contribution in [2.24, 2.45) is 0 Å². The number of hydrogen-bond acceptors (Lipinski definition) is 4. The van der Waals surface area contributed by atoms with Crippen molar-refractivity contribution >= 4 is 43.7 Å². The summed E-state index contributed by atoms with van der Waals surface area (Å²) in [5.74, 6) is 1.84. The predicted molar refractivity (Wildman–Crippen MR) is 229 cm³/mol. The summed E-state index contributed by atoms with van der Waals surface area (Å²) >= 11 is 0. The Hall–Kier alpha value is -7.63. The zero-order valence-corrected chi connectivity index (χ0v) is 30.2. The van der Waals surface area contributed by atoms with E-state index in [1.807, 2.05) is 60.7 Å². The fourth-order valence-corrected chi connectivity index (χ4v) is 7.97. The summed E-state index contributed by atoms with van der Waals surface area (Å²) in [6, 6.07) is 67.6. The van der Waals surface area contributed by atoms with Gasteiger partial charge in [-0.2, -0.15) is 0 Å². The molecule has 0 aliphatic rings. The van der Waals surface area contributed by atoms with Crippen LogP contribution < -0.4 is 0 Å². The normalized spacial score (nSPS) is 11.6. The van der Waals surface area contributed by atoms with Gasteiger partial charge < -0.3 is 8.98 Å². The fraction of sp³-hybridized carbons (Fsp3) is 0. The molecule has 3 heterocycles. The molecule has 5 nitrogen and oxygen atoms in total. The van der Waals surface area contributed by atoms with E-state index >= 15 is 0 Å². The van der Waals surface area contributed by atoms with Crippen LogP contribution in [0.4, 0.5) is 0 Å². The van der Waals surface area contributed by atoms with Crippen molar-refractivity contribution in [3.8, 4) is 62.1 Å². The standard InChI is InChI=1S/C51H32N4O/c1-5-14-33(15-6-1)37-25-28-43-41(30-37)42-31-38(34-16-7-2-8-17-34)26-29-44(42)55(43)45-22-13-23-46-48(45)40-27-24-39(32-47(40)56-46)51-53-49(35-18-9-3-10-19-35)52-50(54-51)36-20-11-4-12-21-36/h1-32H. The maximum atomic E-state index is 6.68. The van der Waals surface area contributed by atoms with Crippen LogP contribution in [0.1, 0.15) is 0 Å². The molecule has 0 fully saturated rings. The molecule has 11 rings (SSSR count). The summed E-state index contributed by atoms with van der Waals surface area (Å²) in [5.41, 5.74) is 12.4. The van der Waals surface area contributed by atoms with Gasteiger partial charge >= 0.3 is 0 Å². The van der Waals surface area contributed by atoms with E-state index in [0.717, 1.165) is 55.3 Å². The van der Waals surface area contributed by atoms with Crippen LogP contribution in [-0.4, -0.2) is 19.5 Å². The van der Waals surface area contributed by atoms with Gasteiger partial charge in [0.2, 0.25) is 0 Å². The molecular formula is C51H32N4O. The molecule has 0 aliphatic carbocycles. The van der Waals surface area contributed by atoms with Gasteiger partial charge in [-0.1, -0.05) is 146 Å². The monoisotopic (exact) mass is 716 g/mol. The number of aromatic nitrogens is 4. The van der Waals surface area contributed by atoms with Crippen molar-refractivity contribution in [3.05, 3.63) is 194 Å². The van der Waals surface area contributed by atoms with Gasteiger partial charge in [-0.15, -0.1) is 0 Å². The molecule has 0 bridgehead atoms. The van der Waals surface area contributed by atoms with Gasteiger partial charge in [0.25, 0.3) is 0 Å². The summed E-state index contributed by atoms with van der Waals surface area (Å²) in [6.07, 6.45) is 0. The average molecular weight is 717 g/mol. The summed E-state index contributed by atoms with van der Waals surface area (Å²) in [4.78, 5) is 14.8. The number of nitrogens with zero attached hydrogens (tertiary/aromatic N) is 4. The number of benzene rings is 8. The third-order valence-electron chi connectivity index (χ3n) is 10.7. The molecule has 3 aromatic heterocycles. The molecule has 5 heteroatoms. The molecule has 0 N–H and O–H groups in total. The van der Waals surface area contributed by atoms with E-state index in [1.165, 1.54) is 33.0 Å². The van der Waals surface area contributed by atoms with Crippen LogP contribution in [0.2, 0.25) is 0 Å². The topological polar surface area (TPSA) is 56.7 Å². The molecule has 0 atom stereocenters. The minimum absolute atomic E-state index is 0.589. The Bertz CT molecular complexity index is 3070. The van der Waals surface area contributed by atoms with Gasteiger partial charge in [-0.05, 0) is 70.8 Å². The van der Waals surface area contributed by atoms with Crippen LogP contribution in [-0.2, 0) is 0 Å². The lowest BCUT2D eigenvalue weighted by Crippen LogP contribution is -2.00. The van der Waals surface area contributed by atoms with Crippen molar-refractivity contribution in [3.63, 3.8) is 0 Å². The zero-order chi connectivity index (χ0) is 37.0. The Morgan fingerprint density at radius 2 is 0.786 bits per heavy atom. The average Bonchev–Trinajstić information content (AvgIpc) is 3.82. The smallest absolute Gasteiger partial charge is 0.164 e. The first kappa shape index (κ1) is 31.9. The highest BCUT2D eigenvalue weighted by Gasteiger charge is 2.20. The van der Waals surface area contributed by atoms with Crippen molar-refractivity contribution < 1.29 is 4.42 Å². The minimum atomic E-state index is 0.589. The summed E-state index contributed by atoms with van der Waals surface area (Å²) in [5, 5.41) is 4.48. The van der Waals surface area contributed by atoms with Gasteiger partial charge in [0.15, 0.2) is 17.5 Å². The van der Waals surface area contributed by atoms with Crippen molar-refractivity contribution in [1.82, 2.24) is 19.5 Å². The Kier molecular flexibility index (Phi) is 7.42. The van der Waals surface area contributed by atoms with Crippen molar-refractivity contribution in [2.75, 3.05) is 0 Å². The third-order valence-corrected chi connectivity index (χ3v) is 10.7. The van der Waals surface area contributed by atoms with E-state index in [-0.39, 0.29) is 0 Å². The zero-order valence-electron chi connectivity index (χ0n) is 30.2. The molecule has 262 valence electrons. The van der Waals surface area contributed by atoms with E-state index in [4.69, 9.17) is 19.4 Å². The second kappa shape index (κ2) is 13.0. The van der Waals surface area contributed by atoms with E-state index in [9.17, 15) is 0 Å². The number of rotatable bonds is 6. The summed E-state index contributed by atoms with van der Waals surface area (Å²) in [6.45, 7) is 0. The first-order chi connectivity index (χ1) is 27.7. The highest BCUT2D eigenvalue weighted by Crippen LogP contribution is 2.41. The molecule has 8 aromatic carbocycles. The van der Waals surface area contributed by atoms with Gasteiger partial charge in [-0.25, -0.2) is 15.0 Å². The van der Waals surface area contributed by atoms with Gasteiger partial charge in [0.1, 0.15) is 11.2 Å². The number of fused-ring (bicyclic) bond motifs is 6. The molecule has 0 spiro atoms. The van der Waals surface area contributed by atoms with Gasteiger partial charge in [-0.3, -0.25) is 0 Å². The maximum absolute atomic E-state index is 6.68. The Labute approximate surface area is 322 Å². The number of furan rings is 1. The third kappa shape index (κ3) is 5.37. The Morgan fingerprint density at radius 1 is 0.321 bits per heavy atom. The molecule has 0 radical (unpaired) electrons. The van der Waals surface area contributed by atoms with Crippen LogP contribution >= 0.6 is 0 Å². The Balaban J connectivity index is 1.11. The SMILES string of the molecule is c1ccc(-c2ccc3c(c2)c2cc(-c4ccccc4)ccc2n3-c2cccc3oc4cc(-c5nc(-c6ccccc6)nc(-c6ccccc6)n5)ccc4c23)cc1. The molecule has 56 heavy (non-hydrogen) atoms. The fourth-order valence-electron chi connectivity index (χ4n) is 7.97. The van der Waals surface area contributed by atoms with Crippen LogP contribution in [0, 0.1) is 0 Å². The minimum Gasteiger partial charge on any atom is -0.456 e. The second-order valence-electron chi connectivity index (χ2n) is 14.0. The maximum Gasteiger partial charge on any atom is 0.164 e. The highest BCUT2D eigenvalue weighted by molar-refractivity contribution is 6.15. The highest BCUT2D eigenvalue weighted by atomic mass is 16.3. The summed E-state index contributed by atoms with van der Waals surface area (Å²) in [7, 11) is 0. The Morgan fingerprint density at radius 3 is 1.30 bits per heavy atom. The first-order valence-corrected chi connectivity index (χ1v) is 18.8. The van der Waals surface area contributed by atoms with Crippen LogP contribution in [0.25, 0.3) is 106 Å². The molecule has 0 saturated carbocycles. The first-order valence-electron chi connectivity index (χ1n) is 18.8. The van der Waals surface area contributed by atoms with E-state index in [0.29, 0.717) is 17.5 Å². The molecule has 11 aromatic rings. The van der Waals surface area contributed by atoms with E-state index < -0.39 is 0 Å². The van der Waals surface area contributed by atoms with Gasteiger partial charge in [0.05, 0.1) is 22.1 Å². The number of hydrogen-bond donors (Lipinski definition) is 0. The van der Waals surface area contributed by atoms with Crippen LogP contribution in [0.15, 0.2) is 199 Å². The predicted octanol–water partition coefficient (Wildman–Crippen LogP) is 13.2. The molecule has 0 amide bonds. The lowest BCUT2D eigenvalue weighted by Gasteiger charge is -2.11.